The zero-order valence-corrected chi connectivity index (χ0v) is 19.1. The second kappa shape index (κ2) is 10.6. The van der Waals surface area contributed by atoms with E-state index in [1.807, 2.05) is 49.5 Å². The molecule has 1 N–H and O–H groups in total. The maximum absolute atomic E-state index is 5.28. The number of allylic oxidation sites excluding steroid dienone is 3. The monoisotopic (exact) mass is 416 g/mol. The lowest BCUT2D eigenvalue weighted by Gasteiger charge is -2.21. The van der Waals surface area contributed by atoms with Gasteiger partial charge in [0.05, 0.1) is 12.6 Å². The first-order valence-electron chi connectivity index (χ1n) is 10.7. The van der Waals surface area contributed by atoms with Crippen LogP contribution in [0.4, 0.5) is 17.5 Å². The molecule has 31 heavy (non-hydrogen) atoms. The molecule has 0 spiro atoms. The van der Waals surface area contributed by atoms with Gasteiger partial charge < -0.3 is 15.0 Å². The summed E-state index contributed by atoms with van der Waals surface area (Å²) >= 11 is 0. The number of aromatic nitrogens is 2. The third-order valence-electron chi connectivity index (χ3n) is 5.16. The van der Waals surface area contributed by atoms with E-state index in [0.717, 1.165) is 41.0 Å². The summed E-state index contributed by atoms with van der Waals surface area (Å²) < 4.78 is 5.28. The SMILES string of the molecule is COc1ccc(N(C)c2nc(NC/C=C(\C)CCC=C(C)C)nc3ccccc23)cc1. The van der Waals surface area contributed by atoms with E-state index < -0.39 is 0 Å². The normalized spacial score (nSPS) is 11.3. The Balaban J connectivity index is 1.81. The molecule has 5 heteroatoms. The molecule has 1 heterocycles. The Kier molecular flexibility index (Phi) is 7.65. The molecule has 0 bridgehead atoms. The molecule has 3 rings (SSSR count). The first-order valence-corrected chi connectivity index (χ1v) is 10.7. The molecule has 0 amide bonds. The number of nitrogens with one attached hydrogen (secondary N) is 1. The molecular formula is C26H32N4O. The predicted octanol–water partition coefficient (Wildman–Crippen LogP) is 6.51. The number of rotatable bonds is 9. The van der Waals surface area contributed by atoms with Crippen molar-refractivity contribution in [1.82, 2.24) is 9.97 Å². The molecular weight excluding hydrogens is 384 g/mol. The maximum atomic E-state index is 5.28. The van der Waals surface area contributed by atoms with Gasteiger partial charge in [0.25, 0.3) is 0 Å². The van der Waals surface area contributed by atoms with E-state index in [4.69, 9.17) is 14.7 Å². The Morgan fingerprint density at radius 2 is 1.74 bits per heavy atom. The number of hydrogen-bond donors (Lipinski definition) is 1. The highest BCUT2D eigenvalue weighted by atomic mass is 16.5. The Morgan fingerprint density at radius 3 is 2.45 bits per heavy atom. The van der Waals surface area contributed by atoms with Gasteiger partial charge in [-0.1, -0.05) is 35.4 Å². The van der Waals surface area contributed by atoms with Crippen molar-refractivity contribution >= 4 is 28.4 Å². The fourth-order valence-electron chi connectivity index (χ4n) is 3.33. The average molecular weight is 417 g/mol. The third kappa shape index (κ3) is 6.07. The Hall–Kier alpha value is -3.34. The molecule has 0 aliphatic carbocycles. The Labute approximate surface area is 185 Å². The van der Waals surface area contributed by atoms with Crippen LogP contribution in [0.2, 0.25) is 0 Å². The van der Waals surface area contributed by atoms with Crippen molar-refractivity contribution in [2.45, 2.75) is 33.6 Å². The molecule has 0 aliphatic heterocycles. The van der Waals surface area contributed by atoms with Gasteiger partial charge in [-0.15, -0.1) is 0 Å². The summed E-state index contributed by atoms with van der Waals surface area (Å²) in [6.07, 6.45) is 6.63. The molecule has 0 unspecified atom stereocenters. The van der Waals surface area contributed by atoms with Crippen LogP contribution in [-0.2, 0) is 0 Å². The number of ether oxygens (including phenoxy) is 1. The molecule has 0 radical (unpaired) electrons. The molecule has 3 aromatic rings. The first-order chi connectivity index (χ1) is 15.0. The molecule has 5 nitrogen and oxygen atoms in total. The van der Waals surface area contributed by atoms with E-state index in [1.54, 1.807) is 7.11 Å². The van der Waals surface area contributed by atoms with Crippen molar-refractivity contribution in [3.63, 3.8) is 0 Å². The van der Waals surface area contributed by atoms with Crippen LogP contribution in [0.3, 0.4) is 0 Å². The summed E-state index contributed by atoms with van der Waals surface area (Å²) in [7, 11) is 3.69. The van der Waals surface area contributed by atoms with Gasteiger partial charge >= 0.3 is 0 Å². The van der Waals surface area contributed by atoms with Crippen LogP contribution in [-0.4, -0.2) is 30.7 Å². The number of para-hydroxylation sites is 1. The topological polar surface area (TPSA) is 50.3 Å². The number of methoxy groups -OCH3 is 1. The summed E-state index contributed by atoms with van der Waals surface area (Å²) in [6, 6.07) is 16.1. The van der Waals surface area contributed by atoms with Crippen LogP contribution in [0.15, 0.2) is 71.8 Å². The molecule has 1 aromatic heterocycles. The van der Waals surface area contributed by atoms with Crippen molar-refractivity contribution in [3.8, 4) is 5.75 Å². The van der Waals surface area contributed by atoms with E-state index in [-0.39, 0.29) is 0 Å². The average Bonchev–Trinajstić information content (AvgIpc) is 2.78. The summed E-state index contributed by atoms with van der Waals surface area (Å²) in [5.41, 5.74) is 4.68. The minimum atomic E-state index is 0.627. The van der Waals surface area contributed by atoms with E-state index >= 15 is 0 Å². The molecule has 0 saturated carbocycles. The minimum absolute atomic E-state index is 0.627. The molecule has 0 atom stereocenters. The van der Waals surface area contributed by atoms with Crippen molar-refractivity contribution in [1.29, 1.82) is 0 Å². The lowest BCUT2D eigenvalue weighted by atomic mass is 10.1. The lowest BCUT2D eigenvalue weighted by molar-refractivity contribution is 0.415. The van der Waals surface area contributed by atoms with Gasteiger partial charge in [-0.25, -0.2) is 4.98 Å². The van der Waals surface area contributed by atoms with Gasteiger partial charge in [0, 0.05) is 24.7 Å². The smallest absolute Gasteiger partial charge is 0.225 e. The third-order valence-corrected chi connectivity index (χ3v) is 5.16. The van der Waals surface area contributed by atoms with E-state index in [1.165, 1.54) is 11.1 Å². The number of fused-ring (bicyclic) bond motifs is 1. The van der Waals surface area contributed by atoms with E-state index in [9.17, 15) is 0 Å². The molecule has 0 aliphatic rings. The van der Waals surface area contributed by atoms with Gasteiger partial charge in [0.1, 0.15) is 11.6 Å². The van der Waals surface area contributed by atoms with E-state index in [2.05, 4.69) is 49.2 Å². The summed E-state index contributed by atoms with van der Waals surface area (Å²) in [4.78, 5) is 11.6. The lowest BCUT2D eigenvalue weighted by Crippen LogP contribution is -2.14. The largest absolute Gasteiger partial charge is 0.497 e. The maximum Gasteiger partial charge on any atom is 0.225 e. The summed E-state index contributed by atoms with van der Waals surface area (Å²) in [6.45, 7) is 7.14. The van der Waals surface area contributed by atoms with Crippen LogP contribution in [0, 0.1) is 0 Å². The Morgan fingerprint density at radius 1 is 1.00 bits per heavy atom. The van der Waals surface area contributed by atoms with Gasteiger partial charge in [0.15, 0.2) is 0 Å². The number of benzene rings is 2. The highest BCUT2D eigenvalue weighted by Gasteiger charge is 2.13. The fraction of sp³-hybridized carbons (Fsp3) is 0.308. The highest BCUT2D eigenvalue weighted by Crippen LogP contribution is 2.30. The first kappa shape index (κ1) is 22.3. The molecule has 0 fully saturated rings. The van der Waals surface area contributed by atoms with Crippen LogP contribution >= 0.6 is 0 Å². The van der Waals surface area contributed by atoms with Crippen molar-refractivity contribution in [3.05, 3.63) is 71.8 Å². The quantitative estimate of drug-likeness (QED) is 0.403. The number of hydrogen-bond acceptors (Lipinski definition) is 5. The van der Waals surface area contributed by atoms with Gasteiger partial charge in [-0.3, -0.25) is 0 Å². The van der Waals surface area contributed by atoms with Crippen LogP contribution in [0.1, 0.15) is 33.6 Å². The minimum Gasteiger partial charge on any atom is -0.497 e. The number of nitrogens with zero attached hydrogens (tertiary/aromatic N) is 3. The van der Waals surface area contributed by atoms with Gasteiger partial charge in [-0.05, 0) is 70.0 Å². The van der Waals surface area contributed by atoms with Crippen molar-refractivity contribution < 1.29 is 4.74 Å². The van der Waals surface area contributed by atoms with Gasteiger partial charge in [0.2, 0.25) is 5.95 Å². The standard InChI is InChI=1S/C26H32N4O/c1-19(2)9-8-10-20(3)17-18-27-26-28-24-12-7-6-11-23(24)25(29-26)30(4)21-13-15-22(31-5)16-14-21/h6-7,9,11-17H,8,10,18H2,1-5H3,(H,27,28,29)/b20-17+. The molecule has 2 aromatic carbocycles. The van der Waals surface area contributed by atoms with Crippen LogP contribution in [0.25, 0.3) is 10.9 Å². The zero-order valence-electron chi connectivity index (χ0n) is 19.1. The summed E-state index contributed by atoms with van der Waals surface area (Å²) in [5.74, 6) is 2.32. The second-order valence-corrected chi connectivity index (χ2v) is 7.90. The van der Waals surface area contributed by atoms with E-state index in [0.29, 0.717) is 12.5 Å². The van der Waals surface area contributed by atoms with Crippen LogP contribution in [0.5, 0.6) is 5.75 Å². The number of anilines is 3. The highest BCUT2D eigenvalue weighted by molar-refractivity contribution is 5.92. The Bertz CT molecular complexity index is 1070. The fourth-order valence-corrected chi connectivity index (χ4v) is 3.33. The van der Waals surface area contributed by atoms with Crippen LogP contribution < -0.4 is 15.0 Å². The van der Waals surface area contributed by atoms with Crippen molar-refractivity contribution in [2.75, 3.05) is 30.9 Å². The predicted molar refractivity (Wildman–Crippen MR) is 132 cm³/mol. The van der Waals surface area contributed by atoms with Crippen molar-refractivity contribution in [2.24, 2.45) is 0 Å². The molecule has 0 saturated heterocycles. The van der Waals surface area contributed by atoms with Gasteiger partial charge in [-0.2, -0.15) is 4.98 Å². The second-order valence-electron chi connectivity index (χ2n) is 7.90. The zero-order chi connectivity index (χ0) is 22.2. The molecule has 162 valence electrons. The summed E-state index contributed by atoms with van der Waals surface area (Å²) in [5, 5.41) is 4.38.